The van der Waals surface area contributed by atoms with E-state index in [0.29, 0.717) is 6.04 Å². The Balaban J connectivity index is 1.55. The van der Waals surface area contributed by atoms with E-state index in [9.17, 15) is 0 Å². The number of hydrogen-bond donors (Lipinski definition) is 1. The second kappa shape index (κ2) is 5.30. The van der Waals surface area contributed by atoms with E-state index in [1.165, 1.54) is 11.5 Å². The minimum absolute atomic E-state index is 0.521. The van der Waals surface area contributed by atoms with Crippen molar-refractivity contribution in [1.29, 1.82) is 0 Å². The normalized spacial score (nSPS) is 16.8. The molecule has 3 rings (SSSR count). The fourth-order valence-corrected chi connectivity index (χ4v) is 2.72. The van der Waals surface area contributed by atoms with Crippen LogP contribution in [0.5, 0.6) is 0 Å². The van der Waals surface area contributed by atoms with Gasteiger partial charge >= 0.3 is 0 Å². The SMILES string of the molecule is c1ccc(N2CCC(Nc3cnns3)CC2)nc1. The molecule has 0 aromatic carbocycles. The molecule has 0 atom stereocenters. The number of anilines is 2. The molecule has 6 heteroatoms. The molecule has 1 fully saturated rings. The van der Waals surface area contributed by atoms with E-state index >= 15 is 0 Å². The molecule has 5 nitrogen and oxygen atoms in total. The van der Waals surface area contributed by atoms with Crippen molar-refractivity contribution in [3.05, 3.63) is 30.6 Å². The van der Waals surface area contributed by atoms with Crippen molar-refractivity contribution in [2.45, 2.75) is 18.9 Å². The molecule has 1 N–H and O–H groups in total. The van der Waals surface area contributed by atoms with Crippen molar-refractivity contribution in [3.8, 4) is 0 Å². The Morgan fingerprint density at radius 2 is 2.17 bits per heavy atom. The molecule has 1 saturated heterocycles. The van der Waals surface area contributed by atoms with Gasteiger partial charge in [-0.2, -0.15) is 0 Å². The Morgan fingerprint density at radius 3 is 2.83 bits per heavy atom. The lowest BCUT2D eigenvalue weighted by atomic mass is 10.1. The highest BCUT2D eigenvalue weighted by molar-refractivity contribution is 7.09. The Labute approximate surface area is 110 Å². The lowest BCUT2D eigenvalue weighted by Gasteiger charge is -2.33. The molecule has 0 radical (unpaired) electrons. The third-order valence-electron chi connectivity index (χ3n) is 3.18. The number of pyridine rings is 1. The Bertz CT molecular complexity index is 464. The summed E-state index contributed by atoms with van der Waals surface area (Å²) in [4.78, 5) is 6.73. The van der Waals surface area contributed by atoms with Gasteiger partial charge in [0.1, 0.15) is 10.8 Å². The molecule has 0 amide bonds. The summed E-state index contributed by atoms with van der Waals surface area (Å²) in [5, 5.41) is 8.38. The van der Waals surface area contributed by atoms with E-state index in [-0.39, 0.29) is 0 Å². The molecule has 3 heterocycles. The third-order valence-corrected chi connectivity index (χ3v) is 3.77. The number of aromatic nitrogens is 3. The monoisotopic (exact) mass is 261 g/mol. The van der Waals surface area contributed by atoms with Crippen molar-refractivity contribution < 1.29 is 0 Å². The zero-order valence-corrected chi connectivity index (χ0v) is 10.8. The number of nitrogens with one attached hydrogen (secondary N) is 1. The molecule has 0 bridgehead atoms. The summed E-state index contributed by atoms with van der Waals surface area (Å²) in [7, 11) is 0. The van der Waals surface area contributed by atoms with Gasteiger partial charge in [0.05, 0.1) is 6.20 Å². The molecule has 1 aliphatic rings. The zero-order valence-electron chi connectivity index (χ0n) is 9.99. The van der Waals surface area contributed by atoms with Crippen molar-refractivity contribution in [2.75, 3.05) is 23.3 Å². The average Bonchev–Trinajstić information content (AvgIpc) is 2.94. The molecule has 0 aliphatic carbocycles. The first-order valence-corrected chi connectivity index (χ1v) is 6.89. The largest absolute Gasteiger partial charge is 0.371 e. The van der Waals surface area contributed by atoms with Crippen LogP contribution in [-0.2, 0) is 0 Å². The van der Waals surface area contributed by atoms with Crippen molar-refractivity contribution in [3.63, 3.8) is 0 Å². The summed E-state index contributed by atoms with van der Waals surface area (Å²) in [6, 6.07) is 6.58. The van der Waals surface area contributed by atoms with Gasteiger partial charge in [-0.05, 0) is 25.0 Å². The van der Waals surface area contributed by atoms with E-state index in [2.05, 4.69) is 30.9 Å². The number of nitrogens with zero attached hydrogens (tertiary/aromatic N) is 4. The maximum atomic E-state index is 4.39. The standard InChI is InChI=1S/C12H15N5S/c1-2-6-13-11(3-1)17-7-4-10(5-8-17)15-12-9-14-16-18-12/h1-3,6,9-10,15H,4-5,7-8H2. The van der Waals surface area contributed by atoms with E-state index < -0.39 is 0 Å². The molecule has 2 aromatic heterocycles. The van der Waals surface area contributed by atoms with Gasteiger partial charge in [0, 0.05) is 36.9 Å². The van der Waals surface area contributed by atoms with E-state index in [4.69, 9.17) is 0 Å². The molecule has 2 aromatic rings. The second-order valence-corrected chi connectivity index (χ2v) is 5.16. The first-order chi connectivity index (χ1) is 8.92. The summed E-state index contributed by atoms with van der Waals surface area (Å²) in [5.41, 5.74) is 0. The van der Waals surface area contributed by atoms with Crippen LogP contribution in [0.25, 0.3) is 0 Å². The summed E-state index contributed by atoms with van der Waals surface area (Å²) in [5.74, 6) is 1.08. The molecule has 0 saturated carbocycles. The average molecular weight is 261 g/mol. The summed E-state index contributed by atoms with van der Waals surface area (Å²) >= 11 is 1.42. The zero-order chi connectivity index (χ0) is 12.2. The van der Waals surface area contributed by atoms with Gasteiger partial charge in [0.2, 0.25) is 0 Å². The van der Waals surface area contributed by atoms with Crippen LogP contribution in [0.2, 0.25) is 0 Å². The van der Waals surface area contributed by atoms with Crippen LogP contribution in [0.15, 0.2) is 30.6 Å². The first kappa shape index (κ1) is 11.4. The van der Waals surface area contributed by atoms with E-state index in [0.717, 1.165) is 36.8 Å². The molecule has 94 valence electrons. The fraction of sp³-hybridized carbons (Fsp3) is 0.417. The van der Waals surface area contributed by atoms with Gasteiger partial charge in [-0.1, -0.05) is 10.6 Å². The van der Waals surface area contributed by atoms with Crippen LogP contribution < -0.4 is 10.2 Å². The third kappa shape index (κ3) is 2.59. The van der Waals surface area contributed by atoms with Gasteiger partial charge in [0.15, 0.2) is 0 Å². The molecular weight excluding hydrogens is 246 g/mol. The number of rotatable bonds is 3. The molecule has 0 unspecified atom stereocenters. The lowest BCUT2D eigenvalue weighted by molar-refractivity contribution is 0.524. The molecule has 18 heavy (non-hydrogen) atoms. The van der Waals surface area contributed by atoms with Gasteiger partial charge in [0.25, 0.3) is 0 Å². The van der Waals surface area contributed by atoms with E-state index in [1.807, 2.05) is 18.3 Å². The number of hydrogen-bond acceptors (Lipinski definition) is 6. The topological polar surface area (TPSA) is 53.9 Å². The van der Waals surface area contributed by atoms with Gasteiger partial charge < -0.3 is 10.2 Å². The highest BCUT2D eigenvalue weighted by Gasteiger charge is 2.20. The highest BCUT2D eigenvalue weighted by atomic mass is 32.1. The van der Waals surface area contributed by atoms with Crippen molar-refractivity contribution >= 4 is 22.4 Å². The molecule has 1 aliphatic heterocycles. The highest BCUT2D eigenvalue weighted by Crippen LogP contribution is 2.21. The molecular formula is C12H15N5S. The minimum Gasteiger partial charge on any atom is -0.371 e. The summed E-state index contributed by atoms with van der Waals surface area (Å²) in [6.45, 7) is 2.09. The minimum atomic E-state index is 0.521. The Kier molecular flexibility index (Phi) is 3.36. The van der Waals surface area contributed by atoms with Gasteiger partial charge in [-0.3, -0.25) is 0 Å². The van der Waals surface area contributed by atoms with E-state index in [1.54, 1.807) is 6.20 Å². The summed E-state index contributed by atoms with van der Waals surface area (Å²) < 4.78 is 3.86. The van der Waals surface area contributed by atoms with Crippen molar-refractivity contribution in [2.24, 2.45) is 0 Å². The van der Waals surface area contributed by atoms with Crippen LogP contribution in [0.4, 0.5) is 10.8 Å². The van der Waals surface area contributed by atoms with Crippen LogP contribution in [0, 0.1) is 0 Å². The van der Waals surface area contributed by atoms with Crippen LogP contribution >= 0.6 is 11.5 Å². The van der Waals surface area contributed by atoms with Gasteiger partial charge in [-0.25, -0.2) is 4.98 Å². The predicted molar refractivity (Wildman–Crippen MR) is 73.0 cm³/mol. The Hall–Kier alpha value is -1.69. The van der Waals surface area contributed by atoms with Crippen LogP contribution in [-0.4, -0.2) is 33.7 Å². The lowest BCUT2D eigenvalue weighted by Crippen LogP contribution is -2.39. The maximum Gasteiger partial charge on any atom is 0.130 e. The van der Waals surface area contributed by atoms with Crippen LogP contribution in [0.3, 0.4) is 0 Å². The summed E-state index contributed by atoms with van der Waals surface area (Å²) in [6.07, 6.45) is 5.88. The Morgan fingerprint density at radius 1 is 1.28 bits per heavy atom. The predicted octanol–water partition coefficient (Wildman–Crippen LogP) is 2.01. The quantitative estimate of drug-likeness (QED) is 0.916. The van der Waals surface area contributed by atoms with Gasteiger partial charge in [-0.15, -0.1) is 5.10 Å². The van der Waals surface area contributed by atoms with Crippen molar-refractivity contribution in [1.82, 2.24) is 14.6 Å². The number of piperidine rings is 1. The first-order valence-electron chi connectivity index (χ1n) is 6.12. The molecule has 0 spiro atoms. The second-order valence-electron chi connectivity index (χ2n) is 4.38. The smallest absolute Gasteiger partial charge is 0.130 e. The fourth-order valence-electron chi connectivity index (χ4n) is 2.23. The van der Waals surface area contributed by atoms with Crippen LogP contribution in [0.1, 0.15) is 12.8 Å². The maximum absolute atomic E-state index is 4.39.